The van der Waals surface area contributed by atoms with Crippen LogP contribution in [0.2, 0.25) is 5.02 Å². The Bertz CT molecular complexity index is 1220. The lowest BCUT2D eigenvalue weighted by atomic mass is 9.95. The van der Waals surface area contributed by atoms with Gasteiger partial charge in [0.1, 0.15) is 18.1 Å². The van der Waals surface area contributed by atoms with Crippen LogP contribution >= 0.6 is 11.6 Å². The van der Waals surface area contributed by atoms with E-state index in [4.69, 9.17) is 21.4 Å². The number of hydrogen-bond acceptors (Lipinski definition) is 4. The summed E-state index contributed by atoms with van der Waals surface area (Å²) in [5.41, 5.74) is -0.376. The minimum absolute atomic E-state index is 0.0664. The summed E-state index contributed by atoms with van der Waals surface area (Å²) < 4.78 is 70.3. The van der Waals surface area contributed by atoms with Gasteiger partial charge < -0.3 is 14.8 Å². The molecule has 0 unspecified atom stereocenters. The van der Waals surface area contributed by atoms with Crippen molar-refractivity contribution in [2.24, 2.45) is 5.41 Å². The molecule has 0 radical (unpaired) electrons. The lowest BCUT2D eigenvalue weighted by Gasteiger charge is -2.19. The van der Waals surface area contributed by atoms with Gasteiger partial charge in [-0.25, -0.2) is 9.97 Å². The van der Waals surface area contributed by atoms with E-state index in [2.05, 4.69) is 9.97 Å². The molecule has 182 valence electrons. The third-order valence-electron chi connectivity index (χ3n) is 5.05. The summed E-state index contributed by atoms with van der Waals surface area (Å²) in [5.74, 6) is -6.11. The first-order chi connectivity index (χ1) is 15.6. The number of imidazole rings is 1. The van der Waals surface area contributed by atoms with Crippen molar-refractivity contribution in [3.05, 3.63) is 52.9 Å². The van der Waals surface area contributed by atoms with Crippen LogP contribution in [-0.4, -0.2) is 38.8 Å². The summed E-state index contributed by atoms with van der Waals surface area (Å²) >= 11 is 6.27. The van der Waals surface area contributed by atoms with Crippen molar-refractivity contribution in [1.82, 2.24) is 15.0 Å². The number of aryl methyl sites for hydroxylation is 1. The Balaban J connectivity index is 1.84. The van der Waals surface area contributed by atoms with Crippen molar-refractivity contribution in [3.63, 3.8) is 0 Å². The number of carboxylic acids is 1. The Hall–Kier alpha value is -3.21. The first kappa shape index (κ1) is 25.4. The number of rotatable bonds is 7. The third-order valence-corrected chi connectivity index (χ3v) is 5.36. The Morgan fingerprint density at radius 3 is 2.32 bits per heavy atom. The van der Waals surface area contributed by atoms with E-state index in [0.29, 0.717) is 17.3 Å². The summed E-state index contributed by atoms with van der Waals surface area (Å²) in [4.78, 5) is 21.0. The fourth-order valence-corrected chi connectivity index (χ4v) is 3.14. The Morgan fingerprint density at radius 1 is 1.09 bits per heavy atom. The molecule has 3 aromatic rings. The van der Waals surface area contributed by atoms with Crippen LogP contribution in [0.1, 0.15) is 25.1 Å². The number of pyridine rings is 1. The molecule has 0 fully saturated rings. The maximum Gasteiger partial charge on any atom is 0.459 e. The maximum absolute atomic E-state index is 13.5. The van der Waals surface area contributed by atoms with Crippen molar-refractivity contribution in [2.45, 2.75) is 32.9 Å². The first-order valence-corrected chi connectivity index (χ1v) is 10.1. The Morgan fingerprint density at radius 2 is 1.76 bits per heavy atom. The molecule has 2 N–H and O–H groups in total. The number of benzene rings is 1. The van der Waals surface area contributed by atoms with E-state index in [1.165, 1.54) is 32.2 Å². The SMILES string of the molecule is Cc1cc(OCC(C)(C)C(=O)O)ncc1-c1ccc(-c2ncc(C(F)(F)C(F)(F)F)[nH]2)c(Cl)c1. The monoisotopic (exact) mass is 503 g/mol. The average molecular weight is 504 g/mol. The highest BCUT2D eigenvalue weighted by atomic mass is 35.5. The van der Waals surface area contributed by atoms with Crippen LogP contribution in [-0.2, 0) is 10.7 Å². The minimum atomic E-state index is -5.77. The van der Waals surface area contributed by atoms with Crippen molar-refractivity contribution >= 4 is 17.6 Å². The fourth-order valence-electron chi connectivity index (χ4n) is 2.87. The molecule has 6 nitrogen and oxygen atoms in total. The Kier molecular flexibility index (Phi) is 6.62. The van der Waals surface area contributed by atoms with Gasteiger partial charge in [-0.3, -0.25) is 4.79 Å². The second-order valence-corrected chi connectivity index (χ2v) is 8.63. The number of ether oxygens (including phenoxy) is 1. The van der Waals surface area contributed by atoms with Gasteiger partial charge in [0.15, 0.2) is 0 Å². The summed E-state index contributed by atoms with van der Waals surface area (Å²) in [6.07, 6.45) is -3.85. The number of aliphatic carboxylic acids is 1. The molecule has 12 heteroatoms. The van der Waals surface area contributed by atoms with Gasteiger partial charge >= 0.3 is 18.1 Å². The average Bonchev–Trinajstić information content (AvgIpc) is 3.22. The van der Waals surface area contributed by atoms with Crippen LogP contribution in [0.4, 0.5) is 22.0 Å². The van der Waals surface area contributed by atoms with Crippen molar-refractivity contribution < 1.29 is 36.6 Å². The largest absolute Gasteiger partial charge is 0.481 e. The van der Waals surface area contributed by atoms with Crippen LogP contribution in [0, 0.1) is 12.3 Å². The lowest BCUT2D eigenvalue weighted by Crippen LogP contribution is -2.33. The molecule has 0 saturated carbocycles. The smallest absolute Gasteiger partial charge is 0.459 e. The van der Waals surface area contributed by atoms with E-state index in [-0.39, 0.29) is 28.9 Å². The minimum Gasteiger partial charge on any atom is -0.481 e. The quantitative estimate of drug-likeness (QED) is 0.372. The van der Waals surface area contributed by atoms with Gasteiger partial charge in [0.05, 0.1) is 16.6 Å². The molecule has 3 rings (SSSR count). The van der Waals surface area contributed by atoms with Gasteiger partial charge in [0.25, 0.3) is 0 Å². The number of aromatic amines is 1. The van der Waals surface area contributed by atoms with Crippen LogP contribution in [0.15, 0.2) is 36.7 Å². The number of carboxylic acid groups (broad SMARTS) is 1. The summed E-state index contributed by atoms with van der Waals surface area (Å²) in [6, 6.07) is 6.14. The van der Waals surface area contributed by atoms with Gasteiger partial charge in [-0.05, 0) is 44.0 Å². The van der Waals surface area contributed by atoms with Crippen molar-refractivity contribution in [1.29, 1.82) is 0 Å². The highest BCUT2D eigenvalue weighted by Crippen LogP contribution is 2.44. The molecule has 0 aliphatic carbocycles. The van der Waals surface area contributed by atoms with Gasteiger partial charge in [-0.1, -0.05) is 17.7 Å². The van der Waals surface area contributed by atoms with E-state index in [1.54, 1.807) is 19.1 Å². The molecule has 1 aromatic carbocycles. The highest BCUT2D eigenvalue weighted by Gasteiger charge is 2.60. The number of H-pyrrole nitrogens is 1. The second-order valence-electron chi connectivity index (χ2n) is 8.23. The van der Waals surface area contributed by atoms with Crippen LogP contribution in [0.5, 0.6) is 5.88 Å². The zero-order valence-electron chi connectivity index (χ0n) is 18.1. The molecule has 2 aromatic heterocycles. The number of nitrogens with zero attached hydrogens (tertiary/aromatic N) is 2. The predicted molar refractivity (Wildman–Crippen MR) is 114 cm³/mol. The molecule has 0 aliphatic heterocycles. The third kappa shape index (κ3) is 4.98. The van der Waals surface area contributed by atoms with Gasteiger partial charge in [-0.15, -0.1) is 0 Å². The molecule has 2 heterocycles. The molecule has 0 bridgehead atoms. The summed E-state index contributed by atoms with van der Waals surface area (Å²) in [6.45, 7) is 4.72. The number of aromatic nitrogens is 3. The fraction of sp³-hybridized carbons (Fsp3) is 0.318. The summed E-state index contributed by atoms with van der Waals surface area (Å²) in [5, 5.41) is 9.23. The number of hydrogen-bond donors (Lipinski definition) is 2. The first-order valence-electron chi connectivity index (χ1n) is 9.76. The predicted octanol–water partition coefficient (Wildman–Crippen LogP) is 6.24. The van der Waals surface area contributed by atoms with E-state index in [9.17, 15) is 26.7 Å². The molecule has 0 saturated heterocycles. The number of halogens is 6. The van der Waals surface area contributed by atoms with E-state index in [1.807, 2.05) is 4.98 Å². The number of alkyl halides is 5. The number of carbonyl (C=O) groups is 1. The van der Waals surface area contributed by atoms with E-state index >= 15 is 0 Å². The molecule has 0 aliphatic rings. The topological polar surface area (TPSA) is 88.1 Å². The highest BCUT2D eigenvalue weighted by molar-refractivity contribution is 6.33. The standard InChI is InChI=1S/C22H19ClF5N3O3/c1-11-6-17(34-10-20(2,3)19(32)33)29-8-14(11)12-4-5-13(15(23)7-12)18-30-9-16(31-18)21(24,25)22(26,27)28/h4-9H,10H2,1-3H3,(H,30,31)(H,32,33). The molecule has 0 spiro atoms. The van der Waals surface area contributed by atoms with Gasteiger partial charge in [0.2, 0.25) is 5.88 Å². The van der Waals surface area contributed by atoms with Crippen LogP contribution in [0.3, 0.4) is 0 Å². The molecule has 34 heavy (non-hydrogen) atoms. The summed E-state index contributed by atoms with van der Waals surface area (Å²) in [7, 11) is 0. The zero-order chi connectivity index (χ0) is 25.5. The van der Waals surface area contributed by atoms with Gasteiger partial charge in [-0.2, -0.15) is 22.0 Å². The van der Waals surface area contributed by atoms with Crippen molar-refractivity contribution in [2.75, 3.05) is 6.61 Å². The zero-order valence-corrected chi connectivity index (χ0v) is 18.9. The van der Waals surface area contributed by atoms with E-state index in [0.717, 1.165) is 5.56 Å². The Labute approximate surface area is 195 Å². The molecular weight excluding hydrogens is 485 g/mol. The van der Waals surface area contributed by atoms with Crippen LogP contribution < -0.4 is 4.74 Å². The molecular formula is C22H19ClF5N3O3. The molecule has 0 amide bonds. The normalized spacial score (nSPS) is 12.6. The second kappa shape index (κ2) is 8.86. The number of nitrogens with one attached hydrogen (secondary N) is 1. The van der Waals surface area contributed by atoms with Crippen molar-refractivity contribution in [3.8, 4) is 28.4 Å². The maximum atomic E-state index is 13.5. The van der Waals surface area contributed by atoms with Crippen LogP contribution in [0.25, 0.3) is 22.5 Å². The van der Waals surface area contributed by atoms with Gasteiger partial charge in [0, 0.05) is 23.4 Å². The van der Waals surface area contributed by atoms with E-state index < -0.39 is 29.2 Å². The molecule has 0 atom stereocenters. The lowest BCUT2D eigenvalue weighted by molar-refractivity contribution is -0.290.